The van der Waals surface area contributed by atoms with E-state index < -0.39 is 5.54 Å². The zero-order valence-corrected chi connectivity index (χ0v) is 23.8. The monoisotopic (exact) mass is 548 g/mol. The van der Waals surface area contributed by atoms with E-state index in [1.807, 2.05) is 70.2 Å². The largest absolute Gasteiger partial charge is 0.378 e. The van der Waals surface area contributed by atoms with Crippen molar-refractivity contribution in [1.29, 1.82) is 0 Å². The molecule has 1 aromatic carbocycles. The molecule has 10 heteroatoms. The lowest BCUT2D eigenvalue weighted by atomic mass is 9.93. The van der Waals surface area contributed by atoms with Gasteiger partial charge in [-0.05, 0) is 69.2 Å². The molecule has 2 aromatic heterocycles. The van der Waals surface area contributed by atoms with Crippen LogP contribution in [0.1, 0.15) is 37.2 Å². The van der Waals surface area contributed by atoms with E-state index in [2.05, 4.69) is 25.2 Å². The fraction of sp³-hybridized carbons (Fsp3) is 0.414. The zero-order chi connectivity index (χ0) is 27.8. The molecular weight excluding hydrogens is 512 g/mol. The van der Waals surface area contributed by atoms with Crippen molar-refractivity contribution in [2.24, 2.45) is 0 Å². The highest BCUT2D eigenvalue weighted by Crippen LogP contribution is 2.27. The molecular formula is C29H36N6O3S. The van der Waals surface area contributed by atoms with Gasteiger partial charge >= 0.3 is 0 Å². The number of ether oxygens (including phenoxy) is 1. The summed E-state index contributed by atoms with van der Waals surface area (Å²) in [4.78, 5) is 44.5. The van der Waals surface area contributed by atoms with Gasteiger partial charge in [0.05, 0.1) is 19.0 Å². The third-order valence-corrected chi connectivity index (χ3v) is 7.76. The zero-order valence-electron chi connectivity index (χ0n) is 23.0. The number of amides is 2. The maximum Gasteiger partial charge on any atom is 0.250 e. The van der Waals surface area contributed by atoms with E-state index in [0.29, 0.717) is 30.5 Å². The second-order valence-electron chi connectivity index (χ2n) is 9.79. The van der Waals surface area contributed by atoms with E-state index in [-0.39, 0.29) is 24.1 Å². The molecule has 0 aliphatic carbocycles. The smallest absolute Gasteiger partial charge is 0.250 e. The van der Waals surface area contributed by atoms with Gasteiger partial charge in [-0.15, -0.1) is 0 Å². The van der Waals surface area contributed by atoms with Crippen LogP contribution in [0, 0.1) is 13.8 Å². The minimum Gasteiger partial charge on any atom is -0.378 e. The van der Waals surface area contributed by atoms with Crippen LogP contribution in [-0.4, -0.2) is 69.3 Å². The Kier molecular flexibility index (Phi) is 9.53. The van der Waals surface area contributed by atoms with Gasteiger partial charge in [0.2, 0.25) is 11.8 Å². The first-order chi connectivity index (χ1) is 18.8. The molecule has 4 rings (SSSR count). The number of thioether (sulfide) groups is 1. The lowest BCUT2D eigenvalue weighted by Gasteiger charge is -2.39. The standard InChI is InChI=1S/C29H36N6O3S/c1-5-29(4,27(37)33-24-8-10-25(11-9-24)34-13-15-38-16-14-34)35(19-23-7-6-12-30-18-23)26(36)20-39-28-31-21(2)17-22(3)32-28/h6-12,17-18H,5,13-16,19-20H2,1-4H3,(H,33,37)/t29-/m0/s1. The summed E-state index contributed by atoms with van der Waals surface area (Å²) in [6.45, 7) is 10.9. The molecule has 9 nitrogen and oxygen atoms in total. The summed E-state index contributed by atoms with van der Waals surface area (Å²) >= 11 is 1.28. The summed E-state index contributed by atoms with van der Waals surface area (Å²) in [5.74, 6) is -0.303. The molecule has 1 aliphatic rings. The fourth-order valence-corrected chi connectivity index (χ4v) is 5.32. The van der Waals surface area contributed by atoms with Crippen molar-refractivity contribution in [3.05, 3.63) is 71.8 Å². The van der Waals surface area contributed by atoms with Crippen molar-refractivity contribution >= 4 is 35.0 Å². The van der Waals surface area contributed by atoms with Gasteiger partial charge in [-0.1, -0.05) is 24.8 Å². The highest BCUT2D eigenvalue weighted by molar-refractivity contribution is 7.99. The quantitative estimate of drug-likeness (QED) is 0.296. The average molecular weight is 549 g/mol. The molecule has 0 spiro atoms. The number of hydrogen-bond acceptors (Lipinski definition) is 8. The lowest BCUT2D eigenvalue weighted by molar-refractivity contribution is -0.143. The third-order valence-electron chi connectivity index (χ3n) is 6.93. The van der Waals surface area contributed by atoms with Gasteiger partial charge in [0.1, 0.15) is 5.54 Å². The average Bonchev–Trinajstić information content (AvgIpc) is 2.95. The summed E-state index contributed by atoms with van der Waals surface area (Å²) in [5, 5.41) is 3.60. The molecule has 2 amide bonds. The van der Waals surface area contributed by atoms with Crippen molar-refractivity contribution in [3.8, 4) is 0 Å². The Balaban J connectivity index is 1.52. The minimum atomic E-state index is -1.10. The maximum absolute atomic E-state index is 13.8. The first kappa shape index (κ1) is 28.5. The van der Waals surface area contributed by atoms with Gasteiger partial charge < -0.3 is 19.9 Å². The van der Waals surface area contributed by atoms with Crippen LogP contribution in [0.4, 0.5) is 11.4 Å². The van der Waals surface area contributed by atoms with Crippen molar-refractivity contribution in [2.45, 2.75) is 51.4 Å². The van der Waals surface area contributed by atoms with Crippen molar-refractivity contribution in [1.82, 2.24) is 19.9 Å². The number of carbonyl (C=O) groups excluding carboxylic acids is 2. The van der Waals surface area contributed by atoms with Gasteiger partial charge in [-0.3, -0.25) is 14.6 Å². The van der Waals surface area contributed by atoms with Gasteiger partial charge in [-0.25, -0.2) is 9.97 Å². The van der Waals surface area contributed by atoms with Gasteiger partial charge in [0.15, 0.2) is 5.16 Å². The third kappa shape index (κ3) is 7.33. The number of aromatic nitrogens is 3. The minimum absolute atomic E-state index is 0.111. The van der Waals surface area contributed by atoms with Crippen molar-refractivity contribution in [3.63, 3.8) is 0 Å². The van der Waals surface area contributed by atoms with Crippen LogP contribution in [0.2, 0.25) is 0 Å². The Morgan fingerprint density at radius 3 is 2.41 bits per heavy atom. The molecule has 0 radical (unpaired) electrons. The Hall–Kier alpha value is -3.50. The van der Waals surface area contributed by atoms with Crippen LogP contribution in [-0.2, 0) is 20.9 Å². The molecule has 39 heavy (non-hydrogen) atoms. The second-order valence-corrected chi connectivity index (χ2v) is 10.7. The van der Waals surface area contributed by atoms with Crippen LogP contribution in [0.25, 0.3) is 0 Å². The number of nitrogens with one attached hydrogen (secondary N) is 1. The molecule has 3 aromatic rings. The SMILES string of the molecule is CC[C@@](C)(C(=O)Nc1ccc(N2CCOCC2)cc1)N(Cc1cccnc1)C(=O)CSc1nc(C)cc(C)n1. The molecule has 1 saturated heterocycles. The number of anilines is 2. The number of benzene rings is 1. The van der Waals surface area contributed by atoms with E-state index in [1.165, 1.54) is 11.8 Å². The summed E-state index contributed by atoms with van der Waals surface area (Å²) in [5.41, 5.74) is 3.22. The van der Waals surface area contributed by atoms with Crippen LogP contribution in [0.3, 0.4) is 0 Å². The first-order valence-corrected chi connectivity index (χ1v) is 14.2. The van der Waals surface area contributed by atoms with E-state index in [9.17, 15) is 9.59 Å². The number of carbonyl (C=O) groups is 2. The van der Waals surface area contributed by atoms with Crippen molar-refractivity contribution < 1.29 is 14.3 Å². The Morgan fingerprint density at radius 1 is 1.10 bits per heavy atom. The highest BCUT2D eigenvalue weighted by Gasteiger charge is 2.41. The lowest BCUT2D eigenvalue weighted by Crippen LogP contribution is -2.57. The molecule has 0 saturated carbocycles. The van der Waals surface area contributed by atoms with Crippen LogP contribution in [0.5, 0.6) is 0 Å². The number of aryl methyl sites for hydroxylation is 2. The Morgan fingerprint density at radius 2 is 1.79 bits per heavy atom. The second kappa shape index (κ2) is 13.0. The Bertz CT molecular complexity index is 1250. The first-order valence-electron chi connectivity index (χ1n) is 13.2. The number of pyridine rings is 1. The number of hydrogen-bond donors (Lipinski definition) is 1. The van der Waals surface area contributed by atoms with Crippen LogP contribution >= 0.6 is 11.8 Å². The summed E-state index contributed by atoms with van der Waals surface area (Å²) in [6, 6.07) is 13.4. The molecule has 1 fully saturated rings. The van der Waals surface area contributed by atoms with E-state index >= 15 is 0 Å². The van der Waals surface area contributed by atoms with Gasteiger partial charge in [-0.2, -0.15) is 0 Å². The molecule has 0 unspecified atom stereocenters. The van der Waals surface area contributed by atoms with Crippen molar-refractivity contribution in [2.75, 3.05) is 42.3 Å². The Labute approximate surface area is 234 Å². The molecule has 206 valence electrons. The van der Waals surface area contributed by atoms with Gasteiger partial charge in [0.25, 0.3) is 0 Å². The number of rotatable bonds is 10. The predicted molar refractivity (Wildman–Crippen MR) is 154 cm³/mol. The van der Waals surface area contributed by atoms with Crippen LogP contribution < -0.4 is 10.2 Å². The summed E-state index contributed by atoms with van der Waals surface area (Å²) in [6.07, 6.45) is 3.84. The summed E-state index contributed by atoms with van der Waals surface area (Å²) in [7, 11) is 0. The highest BCUT2D eigenvalue weighted by atomic mass is 32.2. The van der Waals surface area contributed by atoms with E-state index in [4.69, 9.17) is 4.74 Å². The molecule has 3 heterocycles. The van der Waals surface area contributed by atoms with Gasteiger partial charge in [0, 0.05) is 54.8 Å². The normalized spacial score (nSPS) is 14.9. The van der Waals surface area contributed by atoms with Crippen LogP contribution in [0.15, 0.2) is 60.0 Å². The molecule has 1 atom stereocenters. The van der Waals surface area contributed by atoms with E-state index in [0.717, 1.165) is 35.7 Å². The number of morpholine rings is 1. The van der Waals surface area contributed by atoms with E-state index in [1.54, 1.807) is 17.3 Å². The molecule has 1 N–H and O–H groups in total. The fourth-order valence-electron chi connectivity index (χ4n) is 4.49. The topological polar surface area (TPSA) is 101 Å². The summed E-state index contributed by atoms with van der Waals surface area (Å²) < 4.78 is 5.44. The number of nitrogens with zero attached hydrogens (tertiary/aromatic N) is 5. The molecule has 1 aliphatic heterocycles. The molecule has 0 bridgehead atoms. The maximum atomic E-state index is 13.8. The predicted octanol–water partition coefficient (Wildman–Crippen LogP) is 4.25.